The van der Waals surface area contributed by atoms with Crippen molar-refractivity contribution in [3.05, 3.63) is 35.9 Å². The fraction of sp³-hybridized carbons (Fsp3) is 0.526. The van der Waals surface area contributed by atoms with Crippen LogP contribution in [0, 0.1) is 0 Å². The minimum absolute atomic E-state index is 0.00464. The number of hydrogen-bond donors (Lipinski definition) is 3. The SMILES string of the molecule is O=C(O)CCC(Cc1ccccc1)NC(=O)N1C2CCC1CC(=O)NC2. The first-order chi connectivity index (χ1) is 12.5. The third-order valence-electron chi connectivity index (χ3n) is 5.17. The maximum absolute atomic E-state index is 12.9. The van der Waals surface area contributed by atoms with Gasteiger partial charge in [0, 0.05) is 31.5 Å². The number of hydrogen-bond acceptors (Lipinski definition) is 3. The van der Waals surface area contributed by atoms with Gasteiger partial charge in [-0.3, -0.25) is 9.59 Å². The number of benzene rings is 1. The Balaban J connectivity index is 1.67. The number of carbonyl (C=O) groups is 3. The topological polar surface area (TPSA) is 98.7 Å². The van der Waals surface area contributed by atoms with Crippen molar-refractivity contribution in [3.8, 4) is 0 Å². The lowest BCUT2D eigenvalue weighted by molar-refractivity contribution is -0.137. The Morgan fingerprint density at radius 1 is 1.23 bits per heavy atom. The van der Waals surface area contributed by atoms with E-state index in [0.717, 1.165) is 18.4 Å². The van der Waals surface area contributed by atoms with Crippen LogP contribution in [0.15, 0.2) is 30.3 Å². The van der Waals surface area contributed by atoms with E-state index in [1.165, 1.54) is 0 Å². The van der Waals surface area contributed by atoms with Gasteiger partial charge in [-0.25, -0.2) is 4.79 Å². The minimum atomic E-state index is -0.873. The van der Waals surface area contributed by atoms with Crippen LogP contribution in [0.3, 0.4) is 0 Å². The summed E-state index contributed by atoms with van der Waals surface area (Å²) in [4.78, 5) is 37.4. The largest absolute Gasteiger partial charge is 0.481 e. The standard InChI is InChI=1S/C19H25N3O4/c23-17-11-15-7-8-16(12-20-17)22(15)19(26)21-14(6-9-18(24)25)10-13-4-2-1-3-5-13/h1-5,14-16H,6-12H2,(H,20,23)(H,21,26)(H,24,25). The monoisotopic (exact) mass is 359 g/mol. The number of amides is 3. The molecule has 2 saturated heterocycles. The van der Waals surface area contributed by atoms with Crippen molar-refractivity contribution in [2.75, 3.05) is 6.54 Å². The fourth-order valence-corrected chi connectivity index (χ4v) is 3.88. The quantitative estimate of drug-likeness (QED) is 0.717. The number of carbonyl (C=O) groups excluding carboxylic acids is 2. The maximum atomic E-state index is 12.9. The molecule has 2 fully saturated rings. The molecule has 0 aliphatic carbocycles. The average Bonchev–Trinajstić information content (AvgIpc) is 2.92. The van der Waals surface area contributed by atoms with Gasteiger partial charge >= 0.3 is 12.0 Å². The van der Waals surface area contributed by atoms with E-state index in [0.29, 0.717) is 25.8 Å². The molecule has 2 aliphatic heterocycles. The summed E-state index contributed by atoms with van der Waals surface area (Å²) < 4.78 is 0. The van der Waals surface area contributed by atoms with Crippen LogP contribution in [-0.2, 0) is 16.0 Å². The third-order valence-corrected chi connectivity index (χ3v) is 5.17. The molecule has 3 rings (SSSR count). The Bertz CT molecular complexity index is 664. The van der Waals surface area contributed by atoms with Gasteiger partial charge in [0.05, 0.1) is 6.04 Å². The first kappa shape index (κ1) is 18.2. The number of nitrogens with one attached hydrogen (secondary N) is 2. The molecule has 0 saturated carbocycles. The summed E-state index contributed by atoms with van der Waals surface area (Å²) in [5, 5.41) is 14.9. The molecule has 0 aromatic heterocycles. The van der Waals surface area contributed by atoms with Crippen LogP contribution in [0.4, 0.5) is 4.79 Å². The van der Waals surface area contributed by atoms with E-state index in [9.17, 15) is 14.4 Å². The van der Waals surface area contributed by atoms with Gasteiger partial charge in [-0.1, -0.05) is 30.3 Å². The highest BCUT2D eigenvalue weighted by Crippen LogP contribution is 2.28. The summed E-state index contributed by atoms with van der Waals surface area (Å²) in [6.45, 7) is 0.487. The molecule has 2 aliphatic rings. The zero-order valence-corrected chi connectivity index (χ0v) is 14.7. The van der Waals surface area contributed by atoms with Gasteiger partial charge in [0.25, 0.3) is 0 Å². The second-order valence-electron chi connectivity index (χ2n) is 7.07. The number of carboxylic acids is 1. The van der Waals surface area contributed by atoms with Crippen molar-refractivity contribution in [1.82, 2.24) is 15.5 Å². The normalized spacial score (nSPS) is 23.1. The van der Waals surface area contributed by atoms with Crippen LogP contribution in [0.1, 0.15) is 37.7 Å². The highest BCUT2D eigenvalue weighted by Gasteiger charge is 2.40. The first-order valence-corrected chi connectivity index (χ1v) is 9.14. The zero-order valence-electron chi connectivity index (χ0n) is 14.7. The van der Waals surface area contributed by atoms with E-state index in [1.54, 1.807) is 4.90 Å². The molecule has 26 heavy (non-hydrogen) atoms. The van der Waals surface area contributed by atoms with Crippen molar-refractivity contribution in [1.29, 1.82) is 0 Å². The van der Waals surface area contributed by atoms with Gasteiger partial charge in [0.2, 0.25) is 5.91 Å². The molecule has 7 nitrogen and oxygen atoms in total. The van der Waals surface area contributed by atoms with E-state index < -0.39 is 5.97 Å². The van der Waals surface area contributed by atoms with Gasteiger partial charge < -0.3 is 20.6 Å². The molecule has 3 atom stereocenters. The second kappa shape index (κ2) is 8.21. The van der Waals surface area contributed by atoms with Crippen LogP contribution in [0.5, 0.6) is 0 Å². The number of urea groups is 1. The molecule has 140 valence electrons. The van der Waals surface area contributed by atoms with E-state index in [2.05, 4.69) is 10.6 Å². The van der Waals surface area contributed by atoms with Crippen LogP contribution in [0.25, 0.3) is 0 Å². The summed E-state index contributed by atoms with van der Waals surface area (Å²) in [6.07, 6.45) is 3.02. The Labute approximate surface area is 152 Å². The van der Waals surface area contributed by atoms with Gasteiger partial charge in [0.1, 0.15) is 0 Å². The smallest absolute Gasteiger partial charge is 0.318 e. The molecule has 3 N–H and O–H groups in total. The van der Waals surface area contributed by atoms with Crippen molar-refractivity contribution < 1.29 is 19.5 Å². The molecule has 3 unspecified atom stereocenters. The molecule has 1 aromatic carbocycles. The number of nitrogens with zero attached hydrogens (tertiary/aromatic N) is 1. The Morgan fingerprint density at radius 3 is 2.69 bits per heavy atom. The minimum Gasteiger partial charge on any atom is -0.481 e. The molecular formula is C19H25N3O4. The number of rotatable bonds is 6. The van der Waals surface area contributed by atoms with Crippen molar-refractivity contribution >= 4 is 17.9 Å². The molecular weight excluding hydrogens is 334 g/mol. The lowest BCUT2D eigenvalue weighted by atomic mass is 10.0. The van der Waals surface area contributed by atoms with Crippen molar-refractivity contribution in [3.63, 3.8) is 0 Å². The van der Waals surface area contributed by atoms with E-state index >= 15 is 0 Å². The molecule has 0 spiro atoms. The molecule has 2 bridgehead atoms. The van der Waals surface area contributed by atoms with Crippen molar-refractivity contribution in [2.24, 2.45) is 0 Å². The maximum Gasteiger partial charge on any atom is 0.318 e. The van der Waals surface area contributed by atoms with E-state index in [4.69, 9.17) is 5.11 Å². The third kappa shape index (κ3) is 4.53. The van der Waals surface area contributed by atoms with Crippen LogP contribution in [0.2, 0.25) is 0 Å². The summed E-state index contributed by atoms with van der Waals surface area (Å²) in [6, 6.07) is 9.22. The zero-order chi connectivity index (χ0) is 18.5. The molecule has 3 amide bonds. The summed E-state index contributed by atoms with van der Waals surface area (Å²) >= 11 is 0. The Hall–Kier alpha value is -2.57. The predicted octanol–water partition coefficient (Wildman–Crippen LogP) is 1.52. The summed E-state index contributed by atoms with van der Waals surface area (Å²) in [5.41, 5.74) is 1.05. The van der Waals surface area contributed by atoms with Crippen LogP contribution in [-0.4, -0.2) is 52.6 Å². The Morgan fingerprint density at radius 2 is 1.96 bits per heavy atom. The van der Waals surface area contributed by atoms with E-state index in [-0.39, 0.29) is 36.5 Å². The van der Waals surface area contributed by atoms with Gasteiger partial charge in [-0.05, 0) is 31.2 Å². The van der Waals surface area contributed by atoms with E-state index in [1.807, 2.05) is 30.3 Å². The molecule has 2 heterocycles. The average molecular weight is 359 g/mol. The highest BCUT2D eigenvalue weighted by molar-refractivity contribution is 5.81. The van der Waals surface area contributed by atoms with Gasteiger partial charge in [-0.2, -0.15) is 0 Å². The van der Waals surface area contributed by atoms with Crippen molar-refractivity contribution in [2.45, 2.75) is 56.7 Å². The second-order valence-corrected chi connectivity index (χ2v) is 7.07. The summed E-state index contributed by atoms with van der Waals surface area (Å²) in [5.74, 6) is -0.885. The number of aliphatic carboxylic acids is 1. The number of fused-ring (bicyclic) bond motifs is 2. The van der Waals surface area contributed by atoms with Crippen LogP contribution < -0.4 is 10.6 Å². The molecule has 1 aromatic rings. The highest BCUT2D eigenvalue weighted by atomic mass is 16.4. The summed E-state index contributed by atoms with van der Waals surface area (Å²) in [7, 11) is 0. The first-order valence-electron chi connectivity index (χ1n) is 9.14. The molecule has 7 heteroatoms. The fourth-order valence-electron chi connectivity index (χ4n) is 3.88. The lowest BCUT2D eigenvalue weighted by Crippen LogP contribution is -2.51. The van der Waals surface area contributed by atoms with Gasteiger partial charge in [-0.15, -0.1) is 0 Å². The number of carboxylic acid groups (broad SMARTS) is 1. The van der Waals surface area contributed by atoms with Gasteiger partial charge in [0.15, 0.2) is 0 Å². The predicted molar refractivity (Wildman–Crippen MR) is 95.6 cm³/mol. The Kier molecular flexibility index (Phi) is 5.75. The lowest BCUT2D eigenvalue weighted by Gasteiger charge is -2.30. The van der Waals surface area contributed by atoms with Crippen LogP contribution >= 0.6 is 0 Å². The molecule has 0 radical (unpaired) electrons.